The van der Waals surface area contributed by atoms with Crippen LogP contribution < -0.4 is 5.32 Å². The van der Waals surface area contributed by atoms with Gasteiger partial charge in [-0.15, -0.1) is 0 Å². The first-order valence-electron chi connectivity index (χ1n) is 7.07. The van der Waals surface area contributed by atoms with Crippen molar-refractivity contribution >= 4 is 11.4 Å². The summed E-state index contributed by atoms with van der Waals surface area (Å²) in [5, 5.41) is 13.6. The molecule has 7 heteroatoms. The fraction of sp³-hybridized carbons (Fsp3) is 0.571. The number of rotatable bonds is 8. The van der Waals surface area contributed by atoms with Crippen molar-refractivity contribution in [2.75, 3.05) is 25.0 Å². The average Bonchev–Trinajstić information content (AvgIpc) is 3.28. The summed E-state index contributed by atoms with van der Waals surface area (Å²) in [5.41, 5.74) is -0.370. The molecule has 1 saturated carbocycles. The lowest BCUT2D eigenvalue weighted by atomic mass is 10.1. The molecular formula is C14H19F2N3O2. The lowest BCUT2D eigenvalue weighted by Crippen LogP contribution is -2.31. The highest BCUT2D eigenvalue weighted by molar-refractivity contribution is 5.56. The Kier molecular flexibility index (Phi) is 5.06. The van der Waals surface area contributed by atoms with Gasteiger partial charge in [0.1, 0.15) is 0 Å². The minimum atomic E-state index is -2.74. The Hall–Kier alpha value is -1.76. The molecule has 1 aromatic rings. The fourth-order valence-corrected chi connectivity index (χ4v) is 2.38. The molecule has 5 nitrogen and oxygen atoms in total. The van der Waals surface area contributed by atoms with E-state index in [9.17, 15) is 18.9 Å². The van der Waals surface area contributed by atoms with Crippen molar-refractivity contribution in [1.82, 2.24) is 4.90 Å². The monoisotopic (exact) mass is 299 g/mol. The maximum Gasteiger partial charge on any atom is 0.270 e. The summed E-state index contributed by atoms with van der Waals surface area (Å²) in [5.74, 6) is 0. The van der Waals surface area contributed by atoms with Crippen molar-refractivity contribution in [3.05, 3.63) is 33.9 Å². The Labute approximate surface area is 122 Å². The summed E-state index contributed by atoms with van der Waals surface area (Å²) in [6, 6.07) is 4.16. The van der Waals surface area contributed by atoms with E-state index >= 15 is 0 Å². The van der Waals surface area contributed by atoms with Crippen LogP contribution in [0.15, 0.2) is 18.2 Å². The van der Waals surface area contributed by atoms with Crippen LogP contribution in [0.3, 0.4) is 0 Å². The number of nitrogens with zero attached hydrogens (tertiary/aromatic N) is 2. The first kappa shape index (κ1) is 15.6. The van der Waals surface area contributed by atoms with Crippen LogP contribution in [0.1, 0.15) is 31.8 Å². The van der Waals surface area contributed by atoms with Gasteiger partial charge < -0.3 is 5.32 Å². The Morgan fingerprint density at radius 1 is 1.48 bits per heavy atom. The van der Waals surface area contributed by atoms with Crippen molar-refractivity contribution in [2.24, 2.45) is 0 Å². The molecule has 116 valence electrons. The van der Waals surface area contributed by atoms with Crippen molar-refractivity contribution < 1.29 is 13.7 Å². The highest BCUT2D eigenvalue weighted by Crippen LogP contribution is 2.31. The van der Waals surface area contributed by atoms with Crippen LogP contribution in [-0.2, 0) is 0 Å². The number of likely N-dealkylation sites (N-methyl/N-ethyl adjacent to an activating group) is 1. The van der Waals surface area contributed by atoms with Gasteiger partial charge in [0, 0.05) is 42.5 Å². The number of alkyl halides is 2. The van der Waals surface area contributed by atoms with Gasteiger partial charge in [0.2, 0.25) is 0 Å². The minimum Gasteiger partial charge on any atom is -0.383 e. The molecule has 0 saturated heterocycles. The lowest BCUT2D eigenvalue weighted by Gasteiger charge is -2.20. The van der Waals surface area contributed by atoms with E-state index in [2.05, 4.69) is 17.1 Å². The molecular weight excluding hydrogens is 280 g/mol. The molecule has 1 fully saturated rings. The number of nitro benzene ring substituents is 1. The van der Waals surface area contributed by atoms with Crippen LogP contribution in [0.25, 0.3) is 0 Å². The summed E-state index contributed by atoms with van der Waals surface area (Å²) < 4.78 is 26.0. The van der Waals surface area contributed by atoms with E-state index in [1.165, 1.54) is 25.0 Å². The van der Waals surface area contributed by atoms with Crippen LogP contribution in [-0.4, -0.2) is 35.5 Å². The number of anilines is 1. The lowest BCUT2D eigenvalue weighted by molar-refractivity contribution is -0.385. The second kappa shape index (κ2) is 6.80. The quantitative estimate of drug-likeness (QED) is 0.590. The van der Waals surface area contributed by atoms with Crippen molar-refractivity contribution in [1.29, 1.82) is 0 Å². The van der Waals surface area contributed by atoms with Gasteiger partial charge >= 0.3 is 0 Å². The highest BCUT2D eigenvalue weighted by atomic mass is 19.3. The van der Waals surface area contributed by atoms with E-state index in [-0.39, 0.29) is 16.9 Å². The zero-order valence-electron chi connectivity index (χ0n) is 11.9. The molecule has 0 atom stereocenters. The zero-order valence-corrected chi connectivity index (χ0v) is 11.9. The number of halogens is 2. The summed E-state index contributed by atoms with van der Waals surface area (Å²) in [6.07, 6.45) is -0.334. The summed E-state index contributed by atoms with van der Waals surface area (Å²) >= 11 is 0. The topological polar surface area (TPSA) is 58.4 Å². The third-order valence-electron chi connectivity index (χ3n) is 3.66. The molecule has 21 heavy (non-hydrogen) atoms. The maximum atomic E-state index is 13.0. The van der Waals surface area contributed by atoms with Crippen molar-refractivity contribution in [3.63, 3.8) is 0 Å². The van der Waals surface area contributed by atoms with Gasteiger partial charge in [-0.05, 0) is 25.5 Å². The van der Waals surface area contributed by atoms with Crippen LogP contribution in [0.4, 0.5) is 20.2 Å². The standard InChI is InChI=1S/C14H19F2N3O2/c1-2-18(10-3-4-10)8-7-17-13-6-5-11(19(20)21)9-12(13)14(15)16/h5-6,9-10,14,17H,2-4,7-8H2,1H3. The van der Waals surface area contributed by atoms with E-state index < -0.39 is 11.3 Å². The second-order valence-electron chi connectivity index (χ2n) is 5.12. The summed E-state index contributed by atoms with van der Waals surface area (Å²) in [4.78, 5) is 12.3. The number of non-ortho nitro benzene ring substituents is 1. The second-order valence-corrected chi connectivity index (χ2v) is 5.12. The molecule has 1 N–H and O–H groups in total. The Morgan fingerprint density at radius 2 is 2.19 bits per heavy atom. The van der Waals surface area contributed by atoms with Gasteiger partial charge in [0.25, 0.3) is 12.1 Å². The average molecular weight is 299 g/mol. The zero-order chi connectivity index (χ0) is 15.4. The number of benzene rings is 1. The van der Waals surface area contributed by atoms with Gasteiger partial charge in [0.05, 0.1) is 4.92 Å². The summed E-state index contributed by atoms with van der Waals surface area (Å²) in [6.45, 7) is 4.34. The first-order chi connectivity index (χ1) is 10.0. The molecule has 2 rings (SSSR count). The molecule has 0 radical (unpaired) electrons. The molecule has 1 aromatic carbocycles. The van der Waals surface area contributed by atoms with E-state index in [1.807, 2.05) is 0 Å². The van der Waals surface area contributed by atoms with Crippen LogP contribution in [0.5, 0.6) is 0 Å². The summed E-state index contributed by atoms with van der Waals surface area (Å²) in [7, 11) is 0. The van der Waals surface area contributed by atoms with Gasteiger partial charge in [-0.1, -0.05) is 6.92 Å². The van der Waals surface area contributed by atoms with Gasteiger partial charge in [-0.2, -0.15) is 0 Å². The van der Waals surface area contributed by atoms with E-state index in [1.54, 1.807) is 0 Å². The first-order valence-corrected chi connectivity index (χ1v) is 7.07. The fourth-order valence-electron chi connectivity index (χ4n) is 2.38. The largest absolute Gasteiger partial charge is 0.383 e. The van der Waals surface area contributed by atoms with Crippen LogP contribution in [0, 0.1) is 10.1 Å². The Morgan fingerprint density at radius 3 is 2.71 bits per heavy atom. The molecule has 0 heterocycles. The maximum absolute atomic E-state index is 13.0. The molecule has 1 aliphatic carbocycles. The molecule has 0 aromatic heterocycles. The SMILES string of the molecule is CCN(CCNc1ccc([N+](=O)[O-])cc1C(F)F)C1CC1. The van der Waals surface area contributed by atoms with Gasteiger partial charge in [-0.3, -0.25) is 15.0 Å². The van der Waals surface area contributed by atoms with Crippen molar-refractivity contribution in [2.45, 2.75) is 32.2 Å². The number of hydrogen-bond donors (Lipinski definition) is 1. The van der Waals surface area contributed by atoms with E-state index in [0.717, 1.165) is 19.2 Å². The predicted octanol–water partition coefficient (Wildman–Crippen LogP) is 3.43. The highest BCUT2D eigenvalue weighted by Gasteiger charge is 2.27. The predicted molar refractivity (Wildman–Crippen MR) is 76.8 cm³/mol. The molecule has 0 bridgehead atoms. The third kappa shape index (κ3) is 4.10. The van der Waals surface area contributed by atoms with E-state index in [0.29, 0.717) is 12.6 Å². The number of hydrogen-bond acceptors (Lipinski definition) is 4. The van der Waals surface area contributed by atoms with Crippen molar-refractivity contribution in [3.8, 4) is 0 Å². The smallest absolute Gasteiger partial charge is 0.270 e. The van der Waals surface area contributed by atoms with Crippen LogP contribution in [0.2, 0.25) is 0 Å². The van der Waals surface area contributed by atoms with Gasteiger partial charge in [-0.25, -0.2) is 8.78 Å². The van der Waals surface area contributed by atoms with Gasteiger partial charge in [0.15, 0.2) is 0 Å². The molecule has 0 unspecified atom stereocenters. The minimum absolute atomic E-state index is 0.266. The van der Waals surface area contributed by atoms with E-state index in [4.69, 9.17) is 0 Å². The molecule has 1 aliphatic rings. The normalized spacial score (nSPS) is 14.7. The molecule has 0 aliphatic heterocycles. The number of nitro groups is 1. The molecule has 0 amide bonds. The third-order valence-corrected chi connectivity index (χ3v) is 3.66. The molecule has 0 spiro atoms. The number of nitrogens with one attached hydrogen (secondary N) is 1. The Balaban J connectivity index is 1.99. The Bertz CT molecular complexity index is 507. The van der Waals surface area contributed by atoms with Crippen LogP contribution >= 0.6 is 0 Å².